The van der Waals surface area contributed by atoms with Gasteiger partial charge in [0.05, 0.1) is 14.2 Å². The molecule has 0 saturated heterocycles. The van der Waals surface area contributed by atoms with Gasteiger partial charge in [-0.15, -0.1) is 0 Å². The van der Waals surface area contributed by atoms with Crippen LogP contribution in [-0.2, 0) is 19.1 Å². The lowest BCUT2D eigenvalue weighted by molar-refractivity contribution is -0.403. The fourth-order valence-electron chi connectivity index (χ4n) is 2.43. The Hall–Kier alpha value is -3.29. The smallest absolute Gasteiger partial charge is 0.345 e. The summed E-state index contributed by atoms with van der Waals surface area (Å²) in [5.74, 6) is -4.68. The standard InChI is InChI=1S/C18H15F2NO5/c1-9-15(17(23)25-3)16(18(24)26-4)13(21(9)2)8-14(22)10-5-6-11(19)12(20)7-10/h5-8H,2H2,1,3-4H3. The highest BCUT2D eigenvalue weighted by molar-refractivity contribution is 6.08. The monoisotopic (exact) mass is 363 g/mol. The van der Waals surface area contributed by atoms with Gasteiger partial charge in [0.15, 0.2) is 22.9 Å². The van der Waals surface area contributed by atoms with Crippen LogP contribution in [0.1, 0.15) is 12.5 Å². The van der Waals surface area contributed by atoms with Crippen molar-refractivity contribution in [3.05, 3.63) is 64.0 Å². The summed E-state index contributed by atoms with van der Waals surface area (Å²) < 4.78 is 36.9. The zero-order valence-electron chi connectivity index (χ0n) is 14.3. The zero-order valence-corrected chi connectivity index (χ0v) is 14.3. The summed E-state index contributed by atoms with van der Waals surface area (Å²) in [5.41, 5.74) is -0.203. The fraction of sp³-hybridized carbons (Fsp3) is 0.167. The molecule has 0 unspecified atom stereocenters. The van der Waals surface area contributed by atoms with Crippen molar-refractivity contribution >= 4 is 24.4 Å². The lowest BCUT2D eigenvalue weighted by Crippen LogP contribution is -2.15. The summed E-state index contributed by atoms with van der Waals surface area (Å²) in [6, 6.07) is 2.64. The number of carbonyl (C=O) groups is 2. The average Bonchev–Trinajstić information content (AvgIpc) is 2.87. The average molecular weight is 363 g/mol. The Kier molecular flexibility index (Phi) is 5.35. The summed E-state index contributed by atoms with van der Waals surface area (Å²) >= 11 is 0. The van der Waals surface area contributed by atoms with Gasteiger partial charge in [-0.25, -0.2) is 18.4 Å². The van der Waals surface area contributed by atoms with Crippen LogP contribution in [0.15, 0.2) is 46.8 Å². The molecular weight excluding hydrogens is 348 g/mol. The Bertz CT molecular complexity index is 912. The first-order valence-corrected chi connectivity index (χ1v) is 7.29. The van der Waals surface area contributed by atoms with Gasteiger partial charge >= 0.3 is 11.9 Å². The van der Waals surface area contributed by atoms with E-state index >= 15 is 0 Å². The van der Waals surface area contributed by atoms with Gasteiger partial charge < -0.3 is 14.6 Å². The van der Waals surface area contributed by atoms with E-state index in [-0.39, 0.29) is 28.1 Å². The van der Waals surface area contributed by atoms with Gasteiger partial charge in [0.2, 0.25) is 5.70 Å². The normalized spacial score (nSPS) is 14.8. The van der Waals surface area contributed by atoms with Crippen molar-refractivity contribution in [1.29, 1.82) is 0 Å². The number of benzene rings is 1. The van der Waals surface area contributed by atoms with E-state index in [1.165, 1.54) is 11.5 Å². The van der Waals surface area contributed by atoms with E-state index < -0.39 is 29.3 Å². The van der Waals surface area contributed by atoms with E-state index in [1.807, 2.05) is 0 Å². The van der Waals surface area contributed by atoms with Crippen LogP contribution in [0.5, 0.6) is 0 Å². The number of hydrogen-bond donors (Lipinski definition) is 0. The van der Waals surface area contributed by atoms with Gasteiger partial charge in [0.1, 0.15) is 12.3 Å². The molecule has 1 aliphatic rings. The number of rotatable bonds is 4. The molecule has 26 heavy (non-hydrogen) atoms. The van der Waals surface area contributed by atoms with Crippen LogP contribution in [0.4, 0.5) is 8.78 Å². The van der Waals surface area contributed by atoms with Gasteiger partial charge in [0.25, 0.3) is 0 Å². The highest BCUT2D eigenvalue weighted by Gasteiger charge is 2.41. The summed E-state index contributed by atoms with van der Waals surface area (Å²) in [7, 11) is 2.25. The van der Waals surface area contributed by atoms with E-state index in [1.54, 1.807) is 0 Å². The predicted octanol–water partition coefficient (Wildman–Crippen LogP) is 1.27. The number of ether oxygens (including phenoxy) is 2. The van der Waals surface area contributed by atoms with Crippen molar-refractivity contribution in [2.75, 3.05) is 14.2 Å². The molecule has 0 aromatic heterocycles. The summed E-state index contributed by atoms with van der Waals surface area (Å²) in [4.78, 5) is 24.2. The Morgan fingerprint density at radius 3 is 2.23 bits per heavy atom. The zero-order chi connectivity index (χ0) is 19.6. The van der Waals surface area contributed by atoms with Crippen LogP contribution >= 0.6 is 0 Å². The van der Waals surface area contributed by atoms with Crippen molar-refractivity contribution in [2.24, 2.45) is 0 Å². The SMILES string of the molecule is C=[N+]1C(C)=C(C(=O)OC)C(C(=O)OC)=C1/C=C(\[O-])c1ccc(F)c(F)c1. The van der Waals surface area contributed by atoms with Gasteiger partial charge in [-0.1, -0.05) is 11.8 Å². The molecule has 0 spiro atoms. The minimum Gasteiger partial charge on any atom is -0.872 e. The molecule has 2 rings (SSSR count). The molecule has 0 aliphatic carbocycles. The molecule has 1 aromatic rings. The maximum Gasteiger partial charge on any atom is 0.345 e. The quantitative estimate of drug-likeness (QED) is 0.457. The second-order valence-electron chi connectivity index (χ2n) is 5.27. The Morgan fingerprint density at radius 2 is 1.69 bits per heavy atom. The first-order chi connectivity index (χ1) is 12.2. The number of methoxy groups -OCH3 is 2. The highest BCUT2D eigenvalue weighted by atomic mass is 19.2. The van der Waals surface area contributed by atoms with Crippen LogP contribution in [0, 0.1) is 11.6 Å². The van der Waals surface area contributed by atoms with E-state index in [0.29, 0.717) is 0 Å². The van der Waals surface area contributed by atoms with Gasteiger partial charge in [0, 0.05) is 13.0 Å². The molecule has 8 heteroatoms. The number of carbonyl (C=O) groups excluding carboxylic acids is 2. The molecule has 0 bridgehead atoms. The molecule has 1 aliphatic heterocycles. The van der Waals surface area contributed by atoms with Crippen molar-refractivity contribution in [3.8, 4) is 0 Å². The molecule has 1 heterocycles. The van der Waals surface area contributed by atoms with Crippen LogP contribution < -0.4 is 5.11 Å². The van der Waals surface area contributed by atoms with Gasteiger partial charge in [-0.3, -0.25) is 0 Å². The van der Waals surface area contributed by atoms with Crippen LogP contribution in [0.2, 0.25) is 0 Å². The molecule has 1 aromatic carbocycles. The van der Waals surface area contributed by atoms with E-state index in [2.05, 4.69) is 16.2 Å². The first kappa shape index (κ1) is 19.0. The molecule has 136 valence electrons. The third kappa shape index (κ3) is 3.26. The number of esters is 2. The van der Waals surface area contributed by atoms with Crippen LogP contribution in [-0.4, -0.2) is 37.5 Å². The van der Waals surface area contributed by atoms with E-state index in [4.69, 9.17) is 0 Å². The van der Waals surface area contributed by atoms with Crippen LogP contribution in [0.25, 0.3) is 5.76 Å². The minimum absolute atomic E-state index is 0.0236. The molecule has 0 amide bonds. The fourth-order valence-corrected chi connectivity index (χ4v) is 2.43. The molecule has 0 saturated carbocycles. The topological polar surface area (TPSA) is 78.7 Å². The number of hydrogen-bond acceptors (Lipinski definition) is 5. The maximum absolute atomic E-state index is 13.3. The second kappa shape index (κ2) is 7.30. The highest BCUT2D eigenvalue weighted by Crippen LogP contribution is 2.32. The minimum atomic E-state index is -1.19. The molecule has 0 atom stereocenters. The Balaban J connectivity index is 2.63. The van der Waals surface area contributed by atoms with E-state index in [9.17, 15) is 23.5 Å². The van der Waals surface area contributed by atoms with Crippen molar-refractivity contribution < 1.29 is 37.5 Å². The lowest BCUT2D eigenvalue weighted by atomic mass is 10.0. The first-order valence-electron chi connectivity index (χ1n) is 7.29. The Morgan fingerprint density at radius 1 is 1.12 bits per heavy atom. The molecule has 0 fully saturated rings. The van der Waals surface area contributed by atoms with Gasteiger partial charge in [-0.2, -0.15) is 4.58 Å². The maximum atomic E-state index is 13.3. The van der Waals surface area contributed by atoms with E-state index in [0.717, 1.165) is 38.5 Å². The number of allylic oxidation sites excluding steroid dienone is 2. The summed E-state index contributed by atoms with van der Waals surface area (Å²) in [5, 5.41) is 12.4. The lowest BCUT2D eigenvalue weighted by Gasteiger charge is -2.12. The third-order valence-electron chi connectivity index (χ3n) is 3.81. The Labute approximate surface area is 148 Å². The second-order valence-corrected chi connectivity index (χ2v) is 5.27. The summed E-state index contributed by atoms with van der Waals surface area (Å²) in [6.45, 7) is 5.20. The van der Waals surface area contributed by atoms with Crippen molar-refractivity contribution in [3.63, 3.8) is 0 Å². The predicted molar refractivity (Wildman–Crippen MR) is 85.5 cm³/mol. The number of nitrogens with zero attached hydrogens (tertiary/aromatic N) is 1. The van der Waals surface area contributed by atoms with Crippen molar-refractivity contribution in [2.45, 2.75) is 6.92 Å². The molecular formula is C18H15F2NO5. The number of halogens is 2. The van der Waals surface area contributed by atoms with Gasteiger partial charge in [-0.05, 0) is 17.7 Å². The third-order valence-corrected chi connectivity index (χ3v) is 3.81. The largest absolute Gasteiger partial charge is 0.872 e. The van der Waals surface area contributed by atoms with Crippen LogP contribution in [0.3, 0.4) is 0 Å². The molecule has 6 nitrogen and oxygen atoms in total. The summed E-state index contributed by atoms with van der Waals surface area (Å²) in [6.07, 6.45) is 0.991. The molecule has 0 radical (unpaired) electrons. The molecule has 0 N–H and O–H groups in total. The van der Waals surface area contributed by atoms with Crippen molar-refractivity contribution in [1.82, 2.24) is 0 Å².